The lowest BCUT2D eigenvalue weighted by atomic mass is 9.87. The summed E-state index contributed by atoms with van der Waals surface area (Å²) >= 11 is 2.73. The van der Waals surface area contributed by atoms with E-state index in [0.717, 1.165) is 10.6 Å². The largest absolute Gasteiger partial charge is 0.345 e. The number of halogens is 2. The molecule has 2 aromatic heterocycles. The van der Waals surface area contributed by atoms with Crippen LogP contribution in [0.1, 0.15) is 52.9 Å². The molecule has 0 aliphatic heterocycles. The summed E-state index contributed by atoms with van der Waals surface area (Å²) in [5, 5.41) is 10.2. The van der Waals surface area contributed by atoms with E-state index in [0.29, 0.717) is 23.5 Å². The summed E-state index contributed by atoms with van der Waals surface area (Å²) in [4.78, 5) is 46.9. The van der Waals surface area contributed by atoms with Crippen molar-refractivity contribution in [1.29, 1.82) is 0 Å². The Labute approximate surface area is 215 Å². The number of hydrogen-bond donors (Lipinski definition) is 2. The number of ketones is 1. The highest BCUT2D eigenvalue weighted by atomic mass is 32.1. The number of alkyl halides is 2. The van der Waals surface area contributed by atoms with Crippen molar-refractivity contribution < 1.29 is 23.2 Å². The molecule has 1 aliphatic carbocycles. The highest BCUT2D eigenvalue weighted by Crippen LogP contribution is 2.41. The topological polar surface area (TPSA) is 101 Å². The summed E-state index contributed by atoms with van der Waals surface area (Å²) in [6.07, 6.45) is 2.14. The zero-order valence-corrected chi connectivity index (χ0v) is 21.0. The van der Waals surface area contributed by atoms with Gasteiger partial charge in [-0.1, -0.05) is 30.3 Å². The number of amides is 2. The Balaban J connectivity index is 1.37. The Morgan fingerprint density at radius 3 is 2.56 bits per heavy atom. The fraction of sp³-hybridized carbons (Fsp3) is 0.400. The Morgan fingerprint density at radius 1 is 1.11 bits per heavy atom. The number of Topliss-reactive ketones (excluding diaryl/α,β-unsaturated/α-hetero) is 1. The molecule has 0 bridgehead atoms. The lowest BCUT2D eigenvalue weighted by molar-refractivity contribution is -0.140. The Kier molecular flexibility index (Phi) is 8.52. The van der Waals surface area contributed by atoms with Crippen molar-refractivity contribution in [3.8, 4) is 0 Å². The van der Waals surface area contributed by atoms with Gasteiger partial charge in [-0.15, -0.1) is 22.7 Å². The maximum atomic E-state index is 13.5. The summed E-state index contributed by atoms with van der Waals surface area (Å²) < 4.78 is 26.9. The normalized spacial score (nSPS) is 16.3. The molecule has 1 saturated carbocycles. The fourth-order valence-electron chi connectivity index (χ4n) is 4.09. The van der Waals surface area contributed by atoms with Crippen molar-refractivity contribution in [2.75, 3.05) is 0 Å². The van der Waals surface area contributed by atoms with Crippen molar-refractivity contribution in [2.24, 2.45) is 0 Å². The van der Waals surface area contributed by atoms with Gasteiger partial charge in [-0.2, -0.15) is 0 Å². The number of rotatable bonds is 10. The van der Waals surface area contributed by atoms with Gasteiger partial charge in [-0.3, -0.25) is 14.4 Å². The summed E-state index contributed by atoms with van der Waals surface area (Å²) in [5.74, 6) is -4.62. The third-order valence-electron chi connectivity index (χ3n) is 6.02. The van der Waals surface area contributed by atoms with Crippen molar-refractivity contribution in [3.05, 3.63) is 68.6 Å². The molecule has 1 aromatic carbocycles. The van der Waals surface area contributed by atoms with E-state index in [4.69, 9.17) is 0 Å². The van der Waals surface area contributed by atoms with E-state index >= 15 is 0 Å². The first-order valence-corrected chi connectivity index (χ1v) is 13.4. The number of nitrogens with one attached hydrogen (secondary N) is 2. The fourth-order valence-corrected chi connectivity index (χ4v) is 5.64. The zero-order valence-electron chi connectivity index (χ0n) is 19.4. The van der Waals surface area contributed by atoms with Crippen LogP contribution < -0.4 is 10.6 Å². The van der Waals surface area contributed by atoms with Gasteiger partial charge < -0.3 is 10.6 Å². The Hall–Kier alpha value is -3.05. The number of carbonyl (C=O) groups is 3. The summed E-state index contributed by atoms with van der Waals surface area (Å²) in [6, 6.07) is 8.07. The minimum Gasteiger partial charge on any atom is -0.345 e. The molecule has 2 amide bonds. The molecule has 2 N–H and O–H groups in total. The third-order valence-corrected chi connectivity index (χ3v) is 7.85. The Bertz CT molecular complexity index is 1180. The quantitative estimate of drug-likeness (QED) is 0.384. The molecule has 0 spiro atoms. The average molecular weight is 533 g/mol. The van der Waals surface area contributed by atoms with Gasteiger partial charge in [0.2, 0.25) is 17.6 Å². The maximum absolute atomic E-state index is 13.5. The van der Waals surface area contributed by atoms with Crippen LogP contribution >= 0.6 is 22.7 Å². The first-order chi connectivity index (χ1) is 17.3. The monoisotopic (exact) mass is 532 g/mol. The van der Waals surface area contributed by atoms with E-state index in [2.05, 4.69) is 20.6 Å². The van der Waals surface area contributed by atoms with Gasteiger partial charge >= 0.3 is 0 Å². The molecule has 11 heteroatoms. The van der Waals surface area contributed by atoms with E-state index in [1.807, 2.05) is 30.3 Å². The number of thiazole rings is 2. The second-order valence-corrected chi connectivity index (χ2v) is 10.6. The van der Waals surface area contributed by atoms with E-state index in [1.54, 1.807) is 17.0 Å². The molecular formula is C25H26F2N4O3S2. The molecule has 4 rings (SSSR count). The molecule has 3 aromatic rings. The van der Waals surface area contributed by atoms with E-state index in [9.17, 15) is 23.2 Å². The highest BCUT2D eigenvalue weighted by Gasteiger charge is 2.36. The van der Waals surface area contributed by atoms with Gasteiger partial charge in [0.15, 0.2) is 0 Å². The SMILES string of the molecule is O=C(Cc1csc(C2CCC(F)(F)CC2)n1)N[C@H](Cc1ccccc1)C(=O)C(=O)NCc1nccs1. The van der Waals surface area contributed by atoms with Crippen LogP contribution in [0.15, 0.2) is 47.3 Å². The molecule has 7 nitrogen and oxygen atoms in total. The molecule has 2 heterocycles. The molecule has 36 heavy (non-hydrogen) atoms. The van der Waals surface area contributed by atoms with Crippen LogP contribution in [0, 0.1) is 0 Å². The smallest absolute Gasteiger partial charge is 0.289 e. The molecular weight excluding hydrogens is 506 g/mol. The van der Waals surface area contributed by atoms with Crippen molar-refractivity contribution in [3.63, 3.8) is 0 Å². The minimum absolute atomic E-state index is 0.0274. The van der Waals surface area contributed by atoms with Gasteiger partial charge in [0.1, 0.15) is 11.0 Å². The lowest BCUT2D eigenvalue weighted by Gasteiger charge is -2.26. The predicted octanol–water partition coefficient (Wildman–Crippen LogP) is 4.05. The predicted molar refractivity (Wildman–Crippen MR) is 133 cm³/mol. The van der Waals surface area contributed by atoms with E-state index in [1.165, 1.54) is 22.7 Å². The molecule has 0 radical (unpaired) electrons. The van der Waals surface area contributed by atoms with Gasteiger partial charge in [-0.05, 0) is 18.4 Å². The molecule has 1 fully saturated rings. The number of hydrogen-bond acceptors (Lipinski definition) is 7. The molecule has 0 unspecified atom stereocenters. The van der Waals surface area contributed by atoms with Crippen LogP contribution in [0.5, 0.6) is 0 Å². The minimum atomic E-state index is -2.61. The highest BCUT2D eigenvalue weighted by molar-refractivity contribution is 7.09. The van der Waals surface area contributed by atoms with Crippen molar-refractivity contribution in [2.45, 2.75) is 63.0 Å². The van der Waals surface area contributed by atoms with E-state index < -0.39 is 29.6 Å². The maximum Gasteiger partial charge on any atom is 0.289 e. The third kappa shape index (κ3) is 7.23. The standard InChI is InChI=1S/C25H26F2N4O3S2/c26-25(27)8-6-17(7-9-25)24-30-18(15-36-24)13-20(32)31-19(12-16-4-2-1-3-5-16)22(33)23(34)29-14-21-28-10-11-35-21/h1-5,10-11,15,17,19H,6-9,12-14H2,(H,29,34)(H,31,32)/t19-/m1/s1. The number of nitrogens with zero attached hydrogens (tertiary/aromatic N) is 2. The number of benzene rings is 1. The molecule has 1 atom stereocenters. The summed E-state index contributed by atoms with van der Waals surface area (Å²) in [5.41, 5.74) is 1.32. The van der Waals surface area contributed by atoms with Gasteiger partial charge in [0.25, 0.3) is 5.91 Å². The van der Waals surface area contributed by atoms with Gasteiger partial charge in [0, 0.05) is 42.1 Å². The second-order valence-electron chi connectivity index (χ2n) is 8.77. The van der Waals surface area contributed by atoms with Gasteiger partial charge in [-0.25, -0.2) is 18.7 Å². The average Bonchev–Trinajstić information content (AvgIpc) is 3.55. The van der Waals surface area contributed by atoms with Crippen molar-refractivity contribution >= 4 is 40.3 Å². The zero-order chi connectivity index (χ0) is 25.5. The number of aromatic nitrogens is 2. The van der Waals surface area contributed by atoms with Crippen LogP contribution in [0.4, 0.5) is 8.78 Å². The van der Waals surface area contributed by atoms with Crippen LogP contribution in [0.2, 0.25) is 0 Å². The summed E-state index contributed by atoms with van der Waals surface area (Å²) in [7, 11) is 0. The van der Waals surface area contributed by atoms with Crippen molar-refractivity contribution in [1.82, 2.24) is 20.6 Å². The molecule has 1 aliphatic rings. The Morgan fingerprint density at radius 2 is 1.86 bits per heavy atom. The van der Waals surface area contributed by atoms with Crippen LogP contribution in [0.3, 0.4) is 0 Å². The summed E-state index contributed by atoms with van der Waals surface area (Å²) in [6.45, 7) is 0.128. The number of carbonyl (C=O) groups excluding carboxylic acids is 3. The molecule has 0 saturated heterocycles. The van der Waals surface area contributed by atoms with Gasteiger partial charge in [0.05, 0.1) is 23.7 Å². The second kappa shape index (κ2) is 11.8. The van der Waals surface area contributed by atoms with Crippen LogP contribution in [0.25, 0.3) is 0 Å². The lowest BCUT2D eigenvalue weighted by Crippen LogP contribution is -2.49. The van der Waals surface area contributed by atoms with Crippen LogP contribution in [-0.2, 0) is 33.8 Å². The molecule has 190 valence electrons. The first-order valence-electron chi connectivity index (χ1n) is 11.6. The van der Waals surface area contributed by atoms with Crippen LogP contribution in [-0.4, -0.2) is 39.5 Å². The van der Waals surface area contributed by atoms with E-state index in [-0.39, 0.29) is 38.1 Å². The first kappa shape index (κ1) is 26.0.